The van der Waals surface area contributed by atoms with Gasteiger partial charge in [0.15, 0.2) is 11.5 Å². The van der Waals surface area contributed by atoms with Crippen LogP contribution in [0.1, 0.15) is 48.1 Å². The van der Waals surface area contributed by atoms with Crippen LogP contribution in [0.4, 0.5) is 13.2 Å². The van der Waals surface area contributed by atoms with Gasteiger partial charge in [-0.15, -0.1) is 0 Å². The molecule has 0 fully saturated rings. The minimum atomic E-state index is -4.48. The summed E-state index contributed by atoms with van der Waals surface area (Å²) >= 11 is 0. The average molecular weight is 493 g/mol. The highest BCUT2D eigenvalue weighted by Gasteiger charge is 2.31. The van der Waals surface area contributed by atoms with E-state index in [1.165, 1.54) is 21.3 Å². The van der Waals surface area contributed by atoms with E-state index in [1.807, 2.05) is 13.8 Å². The SMILES string of the molecule is CCC(C)C(NC(=O)c1ccc(C(F)(F)F)cc1)c1nc(-c2cc(OC)c(OC)c(OC)c2)no1. The standard InChI is InChI=1S/C24H26F3N3O5/c1-6-13(2)19(28-22(31)14-7-9-16(10-8-14)24(25,26)27)23-29-21(30-35-23)15-11-17(32-3)20(34-5)18(12-15)33-4/h7-13,19H,6H2,1-5H3,(H,28,31). The molecule has 3 rings (SSSR count). The molecule has 1 N–H and O–H groups in total. The van der Waals surface area contributed by atoms with Crippen molar-refractivity contribution in [2.24, 2.45) is 5.92 Å². The summed E-state index contributed by atoms with van der Waals surface area (Å²) in [5.74, 6) is 0.936. The van der Waals surface area contributed by atoms with Crippen molar-refractivity contribution in [2.45, 2.75) is 32.5 Å². The Bertz CT molecular complexity index is 1140. The smallest absolute Gasteiger partial charge is 0.416 e. The van der Waals surface area contributed by atoms with E-state index in [0.29, 0.717) is 29.2 Å². The molecular formula is C24H26F3N3O5. The molecule has 0 spiro atoms. The van der Waals surface area contributed by atoms with Crippen molar-refractivity contribution in [2.75, 3.05) is 21.3 Å². The Morgan fingerprint density at radius 3 is 2.14 bits per heavy atom. The van der Waals surface area contributed by atoms with Crippen LogP contribution in [0, 0.1) is 5.92 Å². The van der Waals surface area contributed by atoms with Gasteiger partial charge in [-0.2, -0.15) is 18.2 Å². The molecule has 0 aliphatic rings. The van der Waals surface area contributed by atoms with Crippen LogP contribution in [0.5, 0.6) is 17.2 Å². The van der Waals surface area contributed by atoms with Gasteiger partial charge in [0.1, 0.15) is 6.04 Å². The summed E-state index contributed by atoms with van der Waals surface area (Å²) in [5, 5.41) is 6.84. The molecule has 35 heavy (non-hydrogen) atoms. The molecule has 0 radical (unpaired) electrons. The van der Waals surface area contributed by atoms with Gasteiger partial charge in [0.25, 0.3) is 5.91 Å². The van der Waals surface area contributed by atoms with E-state index in [4.69, 9.17) is 18.7 Å². The number of ether oxygens (including phenoxy) is 3. The zero-order valence-electron chi connectivity index (χ0n) is 19.9. The molecule has 0 saturated heterocycles. The second-order valence-corrected chi connectivity index (χ2v) is 7.78. The molecule has 11 heteroatoms. The lowest BCUT2D eigenvalue weighted by molar-refractivity contribution is -0.137. The predicted molar refractivity (Wildman–Crippen MR) is 120 cm³/mol. The molecule has 3 aromatic rings. The number of nitrogens with one attached hydrogen (secondary N) is 1. The Morgan fingerprint density at radius 2 is 1.66 bits per heavy atom. The van der Waals surface area contributed by atoms with E-state index in [2.05, 4.69) is 15.5 Å². The zero-order chi connectivity index (χ0) is 25.8. The van der Waals surface area contributed by atoms with Crippen LogP contribution in [-0.2, 0) is 6.18 Å². The predicted octanol–water partition coefficient (Wildman–Crippen LogP) is 5.30. The number of halogens is 3. The fraction of sp³-hybridized carbons (Fsp3) is 0.375. The Morgan fingerprint density at radius 1 is 1.06 bits per heavy atom. The highest BCUT2D eigenvalue weighted by molar-refractivity contribution is 5.94. The van der Waals surface area contributed by atoms with Gasteiger partial charge >= 0.3 is 6.18 Å². The summed E-state index contributed by atoms with van der Waals surface area (Å²) in [5.41, 5.74) is -0.221. The maximum atomic E-state index is 12.8. The topological polar surface area (TPSA) is 95.7 Å². The molecular weight excluding hydrogens is 467 g/mol. The van der Waals surface area contributed by atoms with Gasteiger partial charge < -0.3 is 24.1 Å². The molecule has 8 nitrogen and oxygen atoms in total. The summed E-state index contributed by atoms with van der Waals surface area (Å²) < 4.78 is 60.0. The molecule has 0 saturated carbocycles. The van der Waals surface area contributed by atoms with Gasteiger partial charge in [-0.25, -0.2) is 0 Å². The van der Waals surface area contributed by atoms with Crippen molar-refractivity contribution >= 4 is 5.91 Å². The maximum absolute atomic E-state index is 12.8. The second-order valence-electron chi connectivity index (χ2n) is 7.78. The minimum Gasteiger partial charge on any atom is -0.493 e. The monoisotopic (exact) mass is 493 g/mol. The van der Waals surface area contributed by atoms with Crippen molar-refractivity contribution in [1.82, 2.24) is 15.5 Å². The molecule has 2 aromatic carbocycles. The van der Waals surface area contributed by atoms with Crippen molar-refractivity contribution in [3.05, 3.63) is 53.4 Å². The van der Waals surface area contributed by atoms with Crippen LogP contribution < -0.4 is 19.5 Å². The van der Waals surface area contributed by atoms with Crippen molar-refractivity contribution in [3.8, 4) is 28.6 Å². The molecule has 0 aliphatic carbocycles. The number of hydrogen-bond donors (Lipinski definition) is 1. The van der Waals surface area contributed by atoms with E-state index < -0.39 is 23.7 Å². The highest BCUT2D eigenvalue weighted by atomic mass is 19.4. The number of carbonyl (C=O) groups excluding carboxylic acids is 1. The summed E-state index contributed by atoms with van der Waals surface area (Å²) in [7, 11) is 4.46. The Balaban J connectivity index is 1.89. The number of aromatic nitrogens is 2. The third kappa shape index (κ3) is 5.67. The van der Waals surface area contributed by atoms with Crippen LogP contribution in [-0.4, -0.2) is 37.4 Å². The summed E-state index contributed by atoms with van der Waals surface area (Å²) in [6.45, 7) is 3.82. The lowest BCUT2D eigenvalue weighted by atomic mass is 9.98. The van der Waals surface area contributed by atoms with E-state index in [1.54, 1.807) is 12.1 Å². The molecule has 1 heterocycles. The van der Waals surface area contributed by atoms with Gasteiger partial charge in [-0.05, 0) is 42.3 Å². The molecule has 188 valence electrons. The minimum absolute atomic E-state index is 0.0793. The Labute approximate surface area is 200 Å². The van der Waals surface area contributed by atoms with Crippen molar-refractivity contribution < 1.29 is 36.7 Å². The lowest BCUT2D eigenvalue weighted by Crippen LogP contribution is -2.32. The van der Waals surface area contributed by atoms with Gasteiger partial charge in [0, 0.05) is 11.1 Å². The molecule has 2 atom stereocenters. The van der Waals surface area contributed by atoms with Crippen molar-refractivity contribution in [1.29, 1.82) is 0 Å². The number of alkyl halides is 3. The fourth-order valence-corrected chi connectivity index (χ4v) is 3.41. The van der Waals surface area contributed by atoms with Crippen LogP contribution in [0.15, 0.2) is 40.9 Å². The van der Waals surface area contributed by atoms with Crippen LogP contribution in [0.3, 0.4) is 0 Å². The third-order valence-corrected chi connectivity index (χ3v) is 5.60. The number of benzene rings is 2. The van der Waals surface area contributed by atoms with Gasteiger partial charge in [-0.1, -0.05) is 25.4 Å². The first kappa shape index (κ1) is 25.9. The van der Waals surface area contributed by atoms with E-state index in [-0.39, 0.29) is 23.2 Å². The number of hydrogen-bond acceptors (Lipinski definition) is 7. The normalized spacial score (nSPS) is 13.1. The molecule has 0 aliphatic heterocycles. The lowest BCUT2D eigenvalue weighted by Gasteiger charge is -2.21. The van der Waals surface area contributed by atoms with Crippen molar-refractivity contribution in [3.63, 3.8) is 0 Å². The van der Waals surface area contributed by atoms with Crippen LogP contribution in [0.2, 0.25) is 0 Å². The second kappa shape index (κ2) is 10.7. The number of methoxy groups -OCH3 is 3. The number of amides is 1. The Kier molecular flexibility index (Phi) is 7.88. The number of carbonyl (C=O) groups is 1. The summed E-state index contributed by atoms with van der Waals surface area (Å²) in [6, 6.07) is 6.63. The van der Waals surface area contributed by atoms with E-state index in [0.717, 1.165) is 24.3 Å². The molecule has 1 aromatic heterocycles. The highest BCUT2D eigenvalue weighted by Crippen LogP contribution is 2.41. The number of rotatable bonds is 9. The largest absolute Gasteiger partial charge is 0.493 e. The quantitative estimate of drug-likeness (QED) is 0.432. The molecule has 0 bridgehead atoms. The third-order valence-electron chi connectivity index (χ3n) is 5.60. The first-order valence-corrected chi connectivity index (χ1v) is 10.7. The maximum Gasteiger partial charge on any atom is 0.416 e. The zero-order valence-corrected chi connectivity index (χ0v) is 19.9. The fourth-order valence-electron chi connectivity index (χ4n) is 3.41. The van der Waals surface area contributed by atoms with Gasteiger partial charge in [-0.3, -0.25) is 4.79 Å². The first-order chi connectivity index (χ1) is 16.6. The van der Waals surface area contributed by atoms with E-state index >= 15 is 0 Å². The number of nitrogens with zero attached hydrogens (tertiary/aromatic N) is 2. The Hall–Kier alpha value is -3.76. The summed E-state index contributed by atoms with van der Waals surface area (Å²) in [4.78, 5) is 17.3. The van der Waals surface area contributed by atoms with Crippen LogP contribution in [0.25, 0.3) is 11.4 Å². The van der Waals surface area contributed by atoms with Gasteiger partial charge in [0.2, 0.25) is 17.5 Å². The molecule has 1 amide bonds. The van der Waals surface area contributed by atoms with Gasteiger partial charge in [0.05, 0.1) is 26.9 Å². The molecule has 2 unspecified atom stereocenters. The summed E-state index contributed by atoms with van der Waals surface area (Å²) in [6.07, 6.45) is -3.82. The van der Waals surface area contributed by atoms with Crippen LogP contribution >= 0.6 is 0 Å². The average Bonchev–Trinajstić information content (AvgIpc) is 3.35. The first-order valence-electron chi connectivity index (χ1n) is 10.7. The van der Waals surface area contributed by atoms with E-state index in [9.17, 15) is 18.0 Å².